The van der Waals surface area contributed by atoms with Crippen molar-refractivity contribution in [3.8, 4) is 0 Å². The Morgan fingerprint density at radius 2 is 1.64 bits per heavy atom. The van der Waals surface area contributed by atoms with Crippen LogP contribution in [0.25, 0.3) is 0 Å². The summed E-state index contributed by atoms with van der Waals surface area (Å²) in [6, 6.07) is 3.01. The third kappa shape index (κ3) is 4.81. The largest absolute Gasteiger partial charge is 0.316 e. The van der Waals surface area contributed by atoms with Crippen LogP contribution >= 0.6 is 0 Å². The zero-order valence-electron chi connectivity index (χ0n) is 24.1. The van der Waals surface area contributed by atoms with Gasteiger partial charge in [0, 0.05) is 69.0 Å². The summed E-state index contributed by atoms with van der Waals surface area (Å²) in [6.45, 7) is 26.7. The molecule has 0 aromatic carbocycles. The molecule has 6 heterocycles. The summed E-state index contributed by atoms with van der Waals surface area (Å²) >= 11 is 0. The number of likely N-dealkylation sites (tertiary alicyclic amines) is 2. The van der Waals surface area contributed by atoms with Gasteiger partial charge in [-0.05, 0) is 123 Å². The smallest absolute Gasteiger partial charge is 0.0227 e. The van der Waals surface area contributed by atoms with Gasteiger partial charge in [-0.1, -0.05) is 0 Å². The summed E-state index contributed by atoms with van der Waals surface area (Å²) in [5.74, 6) is 4.34. The van der Waals surface area contributed by atoms with Crippen LogP contribution in [-0.2, 0) is 0 Å². The fourth-order valence-electron chi connectivity index (χ4n) is 9.84. The number of hydrogen-bond acceptors (Lipinski definition) is 6. The lowest BCUT2D eigenvalue weighted by Gasteiger charge is -2.57. The van der Waals surface area contributed by atoms with Crippen LogP contribution in [0.1, 0.15) is 60.3 Å². The van der Waals surface area contributed by atoms with Gasteiger partial charge in [0.1, 0.15) is 0 Å². The summed E-state index contributed by atoms with van der Waals surface area (Å²) in [5, 5.41) is 7.39. The van der Waals surface area contributed by atoms with E-state index < -0.39 is 0 Å². The minimum Gasteiger partial charge on any atom is -0.316 e. The summed E-state index contributed by atoms with van der Waals surface area (Å²) < 4.78 is 0. The van der Waals surface area contributed by atoms with Crippen molar-refractivity contribution in [1.82, 2.24) is 30.2 Å². The Kier molecular flexibility index (Phi) is 7.50. The Morgan fingerprint density at radius 1 is 0.861 bits per heavy atom. The Bertz CT molecular complexity index is 744. The van der Waals surface area contributed by atoms with Gasteiger partial charge in [0.25, 0.3) is 0 Å². The Hall–Kier alpha value is -0.240. The first-order chi connectivity index (χ1) is 17.3. The Balaban J connectivity index is 1.06. The SMILES string of the molecule is CC(CC1CC2CN(C(C)(C)C3CCN(C(C)C)C4CCNCC43)CCN2C1)N1CC2CNCC2C1. The van der Waals surface area contributed by atoms with Crippen molar-refractivity contribution in [1.29, 1.82) is 0 Å². The number of nitrogens with zero attached hydrogens (tertiary/aromatic N) is 4. The van der Waals surface area contributed by atoms with Crippen molar-refractivity contribution in [2.24, 2.45) is 29.6 Å². The summed E-state index contributed by atoms with van der Waals surface area (Å²) in [7, 11) is 0. The van der Waals surface area contributed by atoms with Crippen molar-refractivity contribution in [2.45, 2.75) is 90.0 Å². The second-order valence-corrected chi connectivity index (χ2v) is 14.5. The predicted octanol–water partition coefficient (Wildman–Crippen LogP) is 2.41. The van der Waals surface area contributed by atoms with Crippen LogP contribution in [0, 0.1) is 29.6 Å². The second kappa shape index (κ2) is 10.4. The highest BCUT2D eigenvalue weighted by Crippen LogP contribution is 2.43. The van der Waals surface area contributed by atoms with Gasteiger partial charge in [0.15, 0.2) is 0 Å². The molecule has 0 spiro atoms. The summed E-state index contributed by atoms with van der Waals surface area (Å²) in [4.78, 5) is 11.5. The van der Waals surface area contributed by atoms with Crippen molar-refractivity contribution >= 4 is 0 Å². The molecule has 8 unspecified atom stereocenters. The molecule has 6 aliphatic rings. The number of fused-ring (bicyclic) bond motifs is 3. The molecule has 36 heavy (non-hydrogen) atoms. The predicted molar refractivity (Wildman–Crippen MR) is 149 cm³/mol. The first-order valence-electron chi connectivity index (χ1n) is 15.7. The van der Waals surface area contributed by atoms with E-state index in [1.807, 2.05) is 0 Å². The maximum absolute atomic E-state index is 3.78. The third-order valence-corrected chi connectivity index (χ3v) is 11.9. The van der Waals surface area contributed by atoms with Crippen LogP contribution in [-0.4, -0.2) is 121 Å². The molecular weight excluding hydrogens is 444 g/mol. The number of piperazine rings is 1. The molecule has 6 nitrogen and oxygen atoms in total. The third-order valence-electron chi connectivity index (χ3n) is 11.9. The molecule has 6 saturated heterocycles. The molecule has 6 rings (SSSR count). The van der Waals surface area contributed by atoms with Crippen LogP contribution in [0.3, 0.4) is 0 Å². The highest BCUT2D eigenvalue weighted by Gasteiger charge is 2.50. The summed E-state index contributed by atoms with van der Waals surface area (Å²) in [6.07, 6.45) is 5.54. The van der Waals surface area contributed by atoms with Gasteiger partial charge < -0.3 is 10.6 Å². The molecule has 206 valence electrons. The maximum atomic E-state index is 3.78. The fourth-order valence-corrected chi connectivity index (χ4v) is 9.84. The lowest BCUT2D eigenvalue weighted by molar-refractivity contribution is -0.0731. The van der Waals surface area contributed by atoms with E-state index in [0.29, 0.717) is 11.6 Å². The van der Waals surface area contributed by atoms with E-state index in [1.54, 1.807) is 0 Å². The molecule has 0 amide bonds. The maximum Gasteiger partial charge on any atom is 0.0227 e. The molecule has 0 saturated carbocycles. The first-order valence-corrected chi connectivity index (χ1v) is 15.7. The molecule has 0 radical (unpaired) electrons. The van der Waals surface area contributed by atoms with E-state index >= 15 is 0 Å². The normalized spacial score (nSPS) is 42.0. The minimum absolute atomic E-state index is 0.295. The van der Waals surface area contributed by atoms with Gasteiger partial charge in [-0.15, -0.1) is 0 Å². The van der Waals surface area contributed by atoms with E-state index in [0.717, 1.165) is 47.7 Å². The zero-order chi connectivity index (χ0) is 25.0. The highest BCUT2D eigenvalue weighted by molar-refractivity contribution is 5.05. The average molecular weight is 501 g/mol. The van der Waals surface area contributed by atoms with Gasteiger partial charge >= 0.3 is 0 Å². The topological polar surface area (TPSA) is 37.0 Å². The van der Waals surface area contributed by atoms with Crippen LogP contribution in [0.5, 0.6) is 0 Å². The van der Waals surface area contributed by atoms with E-state index in [2.05, 4.69) is 64.9 Å². The van der Waals surface area contributed by atoms with Crippen LogP contribution in [0.2, 0.25) is 0 Å². The van der Waals surface area contributed by atoms with Crippen molar-refractivity contribution in [3.63, 3.8) is 0 Å². The van der Waals surface area contributed by atoms with Crippen LogP contribution < -0.4 is 10.6 Å². The Morgan fingerprint density at radius 3 is 2.39 bits per heavy atom. The molecule has 0 aromatic heterocycles. The van der Waals surface area contributed by atoms with E-state index in [1.165, 1.54) is 97.7 Å². The van der Waals surface area contributed by atoms with Crippen LogP contribution in [0.15, 0.2) is 0 Å². The monoisotopic (exact) mass is 500 g/mol. The first kappa shape index (κ1) is 26.0. The van der Waals surface area contributed by atoms with E-state index in [-0.39, 0.29) is 0 Å². The van der Waals surface area contributed by atoms with Gasteiger partial charge in [0.05, 0.1) is 0 Å². The molecule has 0 aliphatic carbocycles. The van der Waals surface area contributed by atoms with Gasteiger partial charge in [-0.25, -0.2) is 0 Å². The number of rotatable bonds is 6. The quantitative estimate of drug-likeness (QED) is 0.584. The number of hydrogen-bond donors (Lipinski definition) is 2. The molecule has 8 atom stereocenters. The standard InChI is InChI=1S/C30H56N6/c1-21(2)36-9-7-28(27-16-31-8-6-29(27)36)30(4,5)35-11-10-33-17-23(13-26(33)20-35)12-22(3)34-18-24-14-32-15-25(24)19-34/h21-29,31-32H,6-20H2,1-5H3. The van der Waals surface area contributed by atoms with Crippen molar-refractivity contribution < 1.29 is 0 Å². The molecular formula is C30H56N6. The minimum atomic E-state index is 0.295. The molecule has 6 heteroatoms. The average Bonchev–Trinajstić information content (AvgIpc) is 3.57. The van der Waals surface area contributed by atoms with E-state index in [9.17, 15) is 0 Å². The summed E-state index contributed by atoms with van der Waals surface area (Å²) in [5.41, 5.74) is 0.295. The van der Waals surface area contributed by atoms with Gasteiger partial charge in [-0.3, -0.25) is 19.6 Å². The second-order valence-electron chi connectivity index (χ2n) is 14.5. The molecule has 6 fully saturated rings. The van der Waals surface area contributed by atoms with Crippen LogP contribution in [0.4, 0.5) is 0 Å². The van der Waals surface area contributed by atoms with Crippen molar-refractivity contribution in [3.05, 3.63) is 0 Å². The molecule has 0 bridgehead atoms. The number of nitrogens with one attached hydrogen (secondary N) is 2. The van der Waals surface area contributed by atoms with Crippen molar-refractivity contribution in [2.75, 3.05) is 72.0 Å². The lowest BCUT2D eigenvalue weighted by Crippen LogP contribution is -2.66. The Labute approximate surface area is 221 Å². The zero-order valence-corrected chi connectivity index (χ0v) is 24.1. The lowest BCUT2D eigenvalue weighted by atomic mass is 9.67. The van der Waals surface area contributed by atoms with Gasteiger partial charge in [-0.2, -0.15) is 0 Å². The fraction of sp³-hybridized carbons (Fsp3) is 1.00. The van der Waals surface area contributed by atoms with Gasteiger partial charge in [0.2, 0.25) is 0 Å². The molecule has 2 N–H and O–H groups in total. The molecule has 0 aromatic rings. The van der Waals surface area contributed by atoms with E-state index in [4.69, 9.17) is 0 Å². The highest BCUT2D eigenvalue weighted by atomic mass is 15.3. The number of piperidine rings is 2. The molecule has 6 aliphatic heterocycles.